The highest BCUT2D eigenvalue weighted by Gasteiger charge is 2.21. The van der Waals surface area contributed by atoms with Gasteiger partial charge in [-0.15, -0.1) is 0 Å². The summed E-state index contributed by atoms with van der Waals surface area (Å²) in [5.74, 6) is -2.11. The first-order valence-corrected chi connectivity index (χ1v) is 7.67. The fourth-order valence-electron chi connectivity index (χ4n) is 2.05. The van der Waals surface area contributed by atoms with Crippen molar-refractivity contribution < 1.29 is 23.9 Å². The van der Waals surface area contributed by atoms with Gasteiger partial charge in [-0.25, -0.2) is 9.59 Å². The lowest BCUT2D eigenvalue weighted by Crippen LogP contribution is -2.17. The zero-order chi connectivity index (χ0) is 17.4. The number of carbonyl (C=O) groups excluding carboxylic acids is 3. The van der Waals surface area contributed by atoms with Gasteiger partial charge in [0.1, 0.15) is 6.61 Å². The van der Waals surface area contributed by atoms with E-state index in [1.165, 1.54) is 12.1 Å². The predicted octanol–water partition coefficient (Wildman–Crippen LogP) is 3.53. The minimum atomic E-state index is -0.847. The van der Waals surface area contributed by atoms with Crippen LogP contribution in [-0.2, 0) is 20.9 Å². The number of ether oxygens (including phenoxy) is 2. The van der Waals surface area contributed by atoms with Crippen molar-refractivity contribution in [2.75, 3.05) is 0 Å². The van der Waals surface area contributed by atoms with Crippen LogP contribution in [0.1, 0.15) is 46.0 Å². The van der Waals surface area contributed by atoms with Crippen molar-refractivity contribution in [2.24, 2.45) is 0 Å². The molecular weight excluding hydrogens is 308 g/mol. The molecule has 0 bridgehead atoms. The SMILES string of the molecule is CCCC(=O)OC(=O)c1ccccc1C(=O)OCc1ccccc1. The van der Waals surface area contributed by atoms with Crippen LogP contribution in [0.5, 0.6) is 0 Å². The number of esters is 3. The van der Waals surface area contributed by atoms with Crippen molar-refractivity contribution >= 4 is 17.9 Å². The molecule has 0 atom stereocenters. The van der Waals surface area contributed by atoms with Crippen LogP contribution in [0.3, 0.4) is 0 Å². The molecule has 0 saturated carbocycles. The minimum Gasteiger partial charge on any atom is -0.457 e. The van der Waals surface area contributed by atoms with Crippen molar-refractivity contribution in [3.63, 3.8) is 0 Å². The largest absolute Gasteiger partial charge is 0.457 e. The van der Waals surface area contributed by atoms with Crippen LogP contribution in [0.25, 0.3) is 0 Å². The third-order valence-electron chi connectivity index (χ3n) is 3.24. The van der Waals surface area contributed by atoms with Gasteiger partial charge < -0.3 is 9.47 Å². The smallest absolute Gasteiger partial charge is 0.346 e. The molecule has 2 aromatic rings. The van der Waals surface area contributed by atoms with Crippen LogP contribution in [0.4, 0.5) is 0 Å². The molecule has 5 nitrogen and oxygen atoms in total. The van der Waals surface area contributed by atoms with E-state index in [9.17, 15) is 14.4 Å². The molecule has 0 spiro atoms. The van der Waals surface area contributed by atoms with Crippen LogP contribution in [0.15, 0.2) is 54.6 Å². The molecule has 0 aliphatic rings. The molecule has 2 aromatic carbocycles. The standard InChI is InChI=1S/C19H18O5/c1-2-8-17(20)24-19(22)16-12-7-6-11-15(16)18(21)23-13-14-9-4-3-5-10-14/h3-7,9-12H,2,8,13H2,1H3. The molecule has 0 amide bonds. The van der Waals surface area contributed by atoms with Gasteiger partial charge in [-0.3, -0.25) is 4.79 Å². The van der Waals surface area contributed by atoms with Crippen molar-refractivity contribution in [2.45, 2.75) is 26.4 Å². The number of hydrogen-bond acceptors (Lipinski definition) is 5. The lowest BCUT2D eigenvalue weighted by molar-refractivity contribution is -0.138. The Morgan fingerprint density at radius 3 is 2.04 bits per heavy atom. The highest BCUT2D eigenvalue weighted by atomic mass is 16.6. The number of carbonyl (C=O) groups is 3. The van der Waals surface area contributed by atoms with Gasteiger partial charge in [0.25, 0.3) is 0 Å². The summed E-state index contributed by atoms with van der Waals surface area (Å²) in [6.07, 6.45) is 0.721. The second-order valence-electron chi connectivity index (χ2n) is 5.12. The molecule has 0 aromatic heterocycles. The number of rotatable bonds is 6. The summed E-state index contributed by atoms with van der Waals surface area (Å²) in [7, 11) is 0. The van der Waals surface area contributed by atoms with Gasteiger partial charge in [0, 0.05) is 6.42 Å². The van der Waals surface area contributed by atoms with Crippen molar-refractivity contribution in [3.8, 4) is 0 Å². The molecule has 0 aliphatic carbocycles. The zero-order valence-electron chi connectivity index (χ0n) is 13.4. The van der Waals surface area contributed by atoms with Gasteiger partial charge in [-0.2, -0.15) is 0 Å². The monoisotopic (exact) mass is 326 g/mol. The first-order valence-electron chi connectivity index (χ1n) is 7.67. The van der Waals surface area contributed by atoms with Crippen LogP contribution >= 0.6 is 0 Å². The predicted molar refractivity (Wildman–Crippen MR) is 87.3 cm³/mol. The quantitative estimate of drug-likeness (QED) is 0.600. The van der Waals surface area contributed by atoms with Crippen LogP contribution in [0, 0.1) is 0 Å². The molecule has 5 heteroatoms. The Morgan fingerprint density at radius 2 is 1.42 bits per heavy atom. The summed E-state index contributed by atoms with van der Waals surface area (Å²) in [4.78, 5) is 35.8. The van der Waals surface area contributed by atoms with Gasteiger partial charge in [-0.05, 0) is 24.1 Å². The average molecular weight is 326 g/mol. The fraction of sp³-hybridized carbons (Fsp3) is 0.211. The van der Waals surface area contributed by atoms with Crippen LogP contribution in [-0.4, -0.2) is 17.9 Å². The Kier molecular flexibility index (Phi) is 6.25. The Bertz CT molecular complexity index is 722. The van der Waals surface area contributed by atoms with E-state index in [2.05, 4.69) is 0 Å². The fourth-order valence-corrected chi connectivity index (χ4v) is 2.05. The highest BCUT2D eigenvalue weighted by Crippen LogP contribution is 2.14. The van der Waals surface area contributed by atoms with E-state index in [4.69, 9.17) is 9.47 Å². The molecule has 0 radical (unpaired) electrons. The van der Waals surface area contributed by atoms with Crippen molar-refractivity contribution in [1.82, 2.24) is 0 Å². The normalized spacial score (nSPS) is 10.0. The van der Waals surface area contributed by atoms with Crippen molar-refractivity contribution in [1.29, 1.82) is 0 Å². The van der Waals surface area contributed by atoms with Gasteiger partial charge >= 0.3 is 17.9 Å². The third-order valence-corrected chi connectivity index (χ3v) is 3.24. The molecule has 24 heavy (non-hydrogen) atoms. The lowest BCUT2D eigenvalue weighted by atomic mass is 10.1. The number of benzene rings is 2. The second-order valence-corrected chi connectivity index (χ2v) is 5.12. The Balaban J connectivity index is 2.08. The van der Waals surface area contributed by atoms with E-state index >= 15 is 0 Å². The van der Waals surface area contributed by atoms with E-state index in [0.717, 1.165) is 5.56 Å². The topological polar surface area (TPSA) is 69.7 Å². The van der Waals surface area contributed by atoms with Gasteiger partial charge in [0.15, 0.2) is 0 Å². The van der Waals surface area contributed by atoms with Gasteiger partial charge in [0.05, 0.1) is 11.1 Å². The summed E-state index contributed by atoms with van der Waals surface area (Å²) in [5, 5.41) is 0. The van der Waals surface area contributed by atoms with E-state index < -0.39 is 17.9 Å². The van der Waals surface area contributed by atoms with Crippen molar-refractivity contribution in [3.05, 3.63) is 71.3 Å². The average Bonchev–Trinajstić information content (AvgIpc) is 2.60. The Morgan fingerprint density at radius 1 is 0.833 bits per heavy atom. The maximum atomic E-state index is 12.2. The van der Waals surface area contributed by atoms with Gasteiger partial charge in [-0.1, -0.05) is 49.4 Å². The van der Waals surface area contributed by atoms with Crippen LogP contribution in [0.2, 0.25) is 0 Å². The summed E-state index contributed by atoms with van der Waals surface area (Å²) in [6.45, 7) is 1.90. The molecular formula is C19H18O5. The zero-order valence-corrected chi connectivity index (χ0v) is 13.4. The summed E-state index contributed by atoms with van der Waals surface area (Å²) < 4.78 is 9.97. The van der Waals surface area contributed by atoms with E-state index in [-0.39, 0.29) is 24.2 Å². The van der Waals surface area contributed by atoms with E-state index in [1.807, 2.05) is 30.3 Å². The molecule has 0 unspecified atom stereocenters. The summed E-state index contributed by atoms with van der Waals surface area (Å²) in [5.41, 5.74) is 0.923. The Hall–Kier alpha value is -2.95. The Labute approximate surface area is 140 Å². The molecule has 0 saturated heterocycles. The molecule has 0 heterocycles. The first kappa shape index (κ1) is 17.4. The summed E-state index contributed by atoms with van der Waals surface area (Å²) in [6, 6.07) is 15.3. The van der Waals surface area contributed by atoms with E-state index in [0.29, 0.717) is 6.42 Å². The second kappa shape index (κ2) is 8.62. The van der Waals surface area contributed by atoms with E-state index in [1.54, 1.807) is 19.1 Å². The first-order chi connectivity index (χ1) is 11.6. The third kappa shape index (κ3) is 4.78. The molecule has 0 aliphatic heterocycles. The molecule has 0 N–H and O–H groups in total. The lowest BCUT2D eigenvalue weighted by Gasteiger charge is -2.09. The summed E-state index contributed by atoms with van der Waals surface area (Å²) >= 11 is 0. The van der Waals surface area contributed by atoms with Gasteiger partial charge in [0.2, 0.25) is 0 Å². The number of hydrogen-bond donors (Lipinski definition) is 0. The molecule has 124 valence electrons. The maximum absolute atomic E-state index is 12.2. The minimum absolute atomic E-state index is 0.0139. The maximum Gasteiger partial charge on any atom is 0.346 e. The highest BCUT2D eigenvalue weighted by molar-refractivity contribution is 6.05. The molecule has 0 fully saturated rings. The van der Waals surface area contributed by atoms with Crippen LogP contribution < -0.4 is 0 Å². The molecule has 2 rings (SSSR count).